The standard InChI is InChI=1S/C13H14N2OS/c1-10-4-6-11(7-5-10)9-17(16)13-12(14)3-2-8-15-13/h2-8H,9,14H2,1H3. The molecule has 17 heavy (non-hydrogen) atoms. The van der Waals surface area contributed by atoms with Gasteiger partial charge in [-0.15, -0.1) is 0 Å². The van der Waals surface area contributed by atoms with Crippen molar-refractivity contribution in [1.82, 2.24) is 4.98 Å². The van der Waals surface area contributed by atoms with Crippen molar-refractivity contribution in [3.05, 3.63) is 53.7 Å². The second-order valence-electron chi connectivity index (χ2n) is 3.87. The van der Waals surface area contributed by atoms with Crippen LogP contribution in [-0.2, 0) is 16.6 Å². The van der Waals surface area contributed by atoms with Gasteiger partial charge in [0.1, 0.15) is 5.03 Å². The fourth-order valence-corrected chi connectivity index (χ4v) is 2.64. The number of pyridine rings is 1. The van der Waals surface area contributed by atoms with E-state index in [2.05, 4.69) is 4.98 Å². The first-order chi connectivity index (χ1) is 8.16. The molecule has 0 saturated heterocycles. The van der Waals surface area contributed by atoms with Crippen molar-refractivity contribution < 1.29 is 4.21 Å². The van der Waals surface area contributed by atoms with Crippen LogP contribution in [0.2, 0.25) is 0 Å². The van der Waals surface area contributed by atoms with E-state index in [0.717, 1.165) is 5.56 Å². The van der Waals surface area contributed by atoms with Gasteiger partial charge in [-0.1, -0.05) is 29.8 Å². The highest BCUT2D eigenvalue weighted by atomic mass is 32.2. The molecule has 4 heteroatoms. The van der Waals surface area contributed by atoms with Crippen LogP contribution in [0.3, 0.4) is 0 Å². The largest absolute Gasteiger partial charge is 0.396 e. The van der Waals surface area contributed by atoms with E-state index in [0.29, 0.717) is 16.5 Å². The highest BCUT2D eigenvalue weighted by molar-refractivity contribution is 7.84. The molecule has 88 valence electrons. The molecule has 0 aliphatic heterocycles. The molecule has 1 atom stereocenters. The Kier molecular flexibility index (Phi) is 3.54. The van der Waals surface area contributed by atoms with Gasteiger partial charge in [-0.3, -0.25) is 4.21 Å². The molecule has 2 aromatic rings. The summed E-state index contributed by atoms with van der Waals surface area (Å²) in [5.41, 5.74) is 8.45. The van der Waals surface area contributed by atoms with Crippen molar-refractivity contribution in [3.63, 3.8) is 0 Å². The predicted octanol–water partition coefficient (Wildman–Crippen LogP) is 2.28. The average molecular weight is 246 g/mol. The van der Waals surface area contributed by atoms with Crippen LogP contribution in [0.15, 0.2) is 47.6 Å². The SMILES string of the molecule is Cc1ccc(CS(=O)c2ncccc2N)cc1. The minimum Gasteiger partial charge on any atom is -0.396 e. The molecule has 1 heterocycles. The van der Waals surface area contributed by atoms with E-state index in [1.807, 2.05) is 31.2 Å². The molecular weight excluding hydrogens is 232 g/mol. The zero-order valence-electron chi connectivity index (χ0n) is 9.59. The molecule has 1 aromatic heterocycles. The molecule has 0 aliphatic rings. The van der Waals surface area contributed by atoms with Crippen LogP contribution in [0.1, 0.15) is 11.1 Å². The van der Waals surface area contributed by atoms with Crippen molar-refractivity contribution >= 4 is 16.5 Å². The van der Waals surface area contributed by atoms with Crippen LogP contribution in [0.5, 0.6) is 0 Å². The number of benzene rings is 1. The lowest BCUT2D eigenvalue weighted by atomic mass is 10.2. The maximum atomic E-state index is 12.1. The smallest absolute Gasteiger partial charge is 0.150 e. The zero-order valence-corrected chi connectivity index (χ0v) is 10.4. The van der Waals surface area contributed by atoms with Crippen LogP contribution in [0.4, 0.5) is 5.69 Å². The molecule has 1 unspecified atom stereocenters. The Bertz CT molecular complexity index is 537. The van der Waals surface area contributed by atoms with E-state index >= 15 is 0 Å². The lowest BCUT2D eigenvalue weighted by Gasteiger charge is -2.04. The quantitative estimate of drug-likeness (QED) is 0.904. The molecule has 2 rings (SSSR count). The first-order valence-corrected chi connectivity index (χ1v) is 6.63. The second kappa shape index (κ2) is 5.10. The predicted molar refractivity (Wildman–Crippen MR) is 69.9 cm³/mol. The van der Waals surface area contributed by atoms with E-state index in [1.165, 1.54) is 5.56 Å². The van der Waals surface area contributed by atoms with Crippen LogP contribution in [0.25, 0.3) is 0 Å². The van der Waals surface area contributed by atoms with Gasteiger partial charge in [0.2, 0.25) is 0 Å². The monoisotopic (exact) mass is 246 g/mol. The van der Waals surface area contributed by atoms with E-state index in [1.54, 1.807) is 18.3 Å². The molecule has 0 amide bonds. The Balaban J connectivity index is 2.17. The second-order valence-corrected chi connectivity index (χ2v) is 5.24. The number of aryl methyl sites for hydroxylation is 1. The van der Waals surface area contributed by atoms with E-state index < -0.39 is 10.8 Å². The summed E-state index contributed by atoms with van der Waals surface area (Å²) in [6.45, 7) is 2.03. The molecule has 3 nitrogen and oxygen atoms in total. The van der Waals surface area contributed by atoms with Gasteiger partial charge in [0.05, 0.1) is 22.2 Å². The van der Waals surface area contributed by atoms with Gasteiger partial charge < -0.3 is 5.73 Å². The summed E-state index contributed by atoms with van der Waals surface area (Å²) in [4.78, 5) is 4.07. The maximum absolute atomic E-state index is 12.1. The summed E-state index contributed by atoms with van der Waals surface area (Å²) in [5, 5.41) is 0.466. The normalized spacial score (nSPS) is 12.3. The molecule has 0 radical (unpaired) electrons. The third-order valence-electron chi connectivity index (χ3n) is 2.43. The van der Waals surface area contributed by atoms with Crippen LogP contribution in [-0.4, -0.2) is 9.19 Å². The summed E-state index contributed by atoms with van der Waals surface area (Å²) in [7, 11) is -1.19. The molecule has 1 aromatic carbocycles. The van der Waals surface area contributed by atoms with Gasteiger partial charge >= 0.3 is 0 Å². The summed E-state index contributed by atoms with van der Waals surface area (Å²) in [6, 6.07) is 11.4. The molecule has 0 bridgehead atoms. The molecule has 0 saturated carbocycles. The molecule has 0 aliphatic carbocycles. The van der Waals surface area contributed by atoms with Crippen molar-refractivity contribution in [2.24, 2.45) is 0 Å². The summed E-state index contributed by atoms with van der Waals surface area (Å²) in [5.74, 6) is 0.446. The number of aromatic nitrogens is 1. The van der Waals surface area contributed by atoms with Crippen LogP contribution in [0, 0.1) is 6.92 Å². The summed E-state index contributed by atoms with van der Waals surface area (Å²) >= 11 is 0. The van der Waals surface area contributed by atoms with Gasteiger partial charge in [-0.05, 0) is 24.6 Å². The van der Waals surface area contributed by atoms with Crippen LogP contribution < -0.4 is 5.73 Å². The number of hydrogen-bond acceptors (Lipinski definition) is 3. The van der Waals surface area contributed by atoms with Gasteiger partial charge in [-0.25, -0.2) is 4.98 Å². The fraction of sp³-hybridized carbons (Fsp3) is 0.154. The van der Waals surface area contributed by atoms with Gasteiger partial charge in [-0.2, -0.15) is 0 Å². The first-order valence-electron chi connectivity index (χ1n) is 5.31. The number of nitrogens with zero attached hydrogens (tertiary/aromatic N) is 1. The van der Waals surface area contributed by atoms with Crippen molar-refractivity contribution in [2.45, 2.75) is 17.7 Å². The topological polar surface area (TPSA) is 56.0 Å². The van der Waals surface area contributed by atoms with E-state index in [-0.39, 0.29) is 0 Å². The third-order valence-corrected chi connectivity index (χ3v) is 3.80. The van der Waals surface area contributed by atoms with Crippen molar-refractivity contribution in [3.8, 4) is 0 Å². The van der Waals surface area contributed by atoms with Gasteiger partial charge in [0.15, 0.2) is 0 Å². The fourth-order valence-electron chi connectivity index (χ4n) is 1.50. The van der Waals surface area contributed by atoms with E-state index in [9.17, 15) is 4.21 Å². The van der Waals surface area contributed by atoms with Gasteiger partial charge in [0.25, 0.3) is 0 Å². The highest BCUT2D eigenvalue weighted by Crippen LogP contribution is 2.16. The average Bonchev–Trinajstić information content (AvgIpc) is 2.32. The Hall–Kier alpha value is -1.68. The van der Waals surface area contributed by atoms with Crippen LogP contribution >= 0.6 is 0 Å². The Morgan fingerprint density at radius 2 is 1.94 bits per heavy atom. The van der Waals surface area contributed by atoms with E-state index in [4.69, 9.17) is 5.73 Å². The highest BCUT2D eigenvalue weighted by Gasteiger charge is 2.09. The lowest BCUT2D eigenvalue weighted by molar-refractivity contribution is 0.680. The van der Waals surface area contributed by atoms with Crippen molar-refractivity contribution in [1.29, 1.82) is 0 Å². The zero-order chi connectivity index (χ0) is 12.3. The number of hydrogen-bond donors (Lipinski definition) is 1. The Morgan fingerprint density at radius 3 is 2.59 bits per heavy atom. The van der Waals surface area contributed by atoms with Gasteiger partial charge in [0, 0.05) is 6.20 Å². The Morgan fingerprint density at radius 1 is 1.24 bits per heavy atom. The lowest BCUT2D eigenvalue weighted by Crippen LogP contribution is -2.03. The minimum atomic E-state index is -1.19. The minimum absolute atomic E-state index is 0.446. The first kappa shape index (κ1) is 11.8. The molecule has 0 fully saturated rings. The number of nitrogens with two attached hydrogens (primary N) is 1. The summed E-state index contributed by atoms with van der Waals surface area (Å²) in [6.07, 6.45) is 1.61. The Labute approximate surface area is 103 Å². The van der Waals surface area contributed by atoms with Crippen molar-refractivity contribution in [2.75, 3.05) is 5.73 Å². The summed E-state index contributed by atoms with van der Waals surface area (Å²) < 4.78 is 12.1. The maximum Gasteiger partial charge on any atom is 0.150 e. The number of nitrogen functional groups attached to an aromatic ring is 1. The molecule has 2 N–H and O–H groups in total. The number of rotatable bonds is 3. The number of anilines is 1. The molecule has 0 spiro atoms. The third kappa shape index (κ3) is 2.91. The molecular formula is C13H14N2OS.